The van der Waals surface area contributed by atoms with Gasteiger partial charge in [0.15, 0.2) is 0 Å². The molecule has 0 saturated carbocycles. The average Bonchev–Trinajstić information content (AvgIpc) is 3.19. The van der Waals surface area contributed by atoms with Crippen LogP contribution in [0.4, 0.5) is 0 Å². The molecule has 3 N–H and O–H groups in total. The Balaban J connectivity index is 3.47. The molecular weight excluding hydrogens is 675 g/mol. The normalized spacial score (nSPS) is 13.2. The zero-order valence-corrected chi connectivity index (χ0v) is 37.2. The molecule has 55 heavy (non-hydrogen) atoms. The van der Waals surface area contributed by atoms with Crippen molar-refractivity contribution in [2.75, 3.05) is 6.61 Å². The Labute approximate surface area is 344 Å². The van der Waals surface area contributed by atoms with Gasteiger partial charge in [-0.25, -0.2) is 0 Å². The maximum Gasteiger partial charge on any atom is 0.220 e. The second kappa shape index (κ2) is 47.0. The molecule has 0 aromatic carbocycles. The third-order valence-electron chi connectivity index (χ3n) is 11.4. The number of hydrogen-bond acceptors (Lipinski definition) is 3. The van der Waals surface area contributed by atoms with Gasteiger partial charge >= 0.3 is 0 Å². The lowest BCUT2D eigenvalue weighted by atomic mass is 10.0. The molecule has 0 aromatic rings. The molecule has 324 valence electrons. The Bertz CT molecular complexity index is 836. The fraction of sp³-hybridized carbons (Fsp3) is 0.863. The predicted octanol–water partition coefficient (Wildman–Crippen LogP) is 15.7. The van der Waals surface area contributed by atoms with Gasteiger partial charge in [0, 0.05) is 6.42 Å². The third-order valence-corrected chi connectivity index (χ3v) is 11.4. The van der Waals surface area contributed by atoms with Crippen LogP contribution in [0.25, 0.3) is 0 Å². The second-order valence-electron chi connectivity index (χ2n) is 16.9. The molecule has 0 saturated heterocycles. The first kappa shape index (κ1) is 53.6. The van der Waals surface area contributed by atoms with Crippen molar-refractivity contribution < 1.29 is 15.0 Å². The topological polar surface area (TPSA) is 69.6 Å². The molecule has 0 aliphatic carbocycles. The van der Waals surface area contributed by atoms with Crippen LogP contribution in [-0.2, 0) is 4.79 Å². The number of rotatable bonds is 45. The largest absolute Gasteiger partial charge is 0.394 e. The van der Waals surface area contributed by atoms with Gasteiger partial charge in [0.05, 0.1) is 18.8 Å². The smallest absolute Gasteiger partial charge is 0.220 e. The maximum atomic E-state index is 12.4. The van der Waals surface area contributed by atoms with Crippen molar-refractivity contribution in [3.05, 3.63) is 36.5 Å². The second-order valence-corrected chi connectivity index (χ2v) is 16.9. The standard InChI is InChI=1S/C51H97NO3/c1-3-5-7-9-11-13-15-17-19-20-21-22-23-24-25-26-27-28-29-30-31-32-33-35-37-39-41-43-45-47-51(55)52-49(48-53)50(54)46-44-42-40-38-36-34-18-16-14-12-10-8-6-4-2/h15,17,20-21,44,46,49-50,53-54H,3-14,16,18-19,22-43,45,47-48H2,1-2H3,(H,52,55)/b17-15-,21-20-,46-44+. The van der Waals surface area contributed by atoms with Gasteiger partial charge in [-0.3, -0.25) is 4.79 Å². The molecule has 4 heteroatoms. The number of amides is 1. The van der Waals surface area contributed by atoms with Crippen LogP contribution in [0.3, 0.4) is 0 Å². The molecular formula is C51H97NO3. The molecule has 4 nitrogen and oxygen atoms in total. The predicted molar refractivity (Wildman–Crippen MR) is 244 cm³/mol. The lowest BCUT2D eigenvalue weighted by Gasteiger charge is -2.20. The number of hydrogen-bond donors (Lipinski definition) is 3. The lowest BCUT2D eigenvalue weighted by Crippen LogP contribution is -2.45. The molecule has 0 fully saturated rings. The van der Waals surface area contributed by atoms with Gasteiger partial charge in [0.1, 0.15) is 0 Å². The number of allylic oxidation sites excluding steroid dienone is 5. The summed E-state index contributed by atoms with van der Waals surface area (Å²) in [7, 11) is 0. The fourth-order valence-electron chi connectivity index (χ4n) is 7.56. The van der Waals surface area contributed by atoms with Crippen molar-refractivity contribution in [3.8, 4) is 0 Å². The van der Waals surface area contributed by atoms with Gasteiger partial charge in [0.2, 0.25) is 5.91 Å². The van der Waals surface area contributed by atoms with Crippen LogP contribution in [0.15, 0.2) is 36.5 Å². The zero-order valence-electron chi connectivity index (χ0n) is 37.2. The Morgan fingerprint density at radius 1 is 0.436 bits per heavy atom. The SMILES string of the molecule is CCCCCCC/C=C\C/C=C\CCCCCCCCCCCCCCCCCCCC(=O)NC(CO)C(O)/C=C/CCCCCCCCCCCCCC. The minimum atomic E-state index is -0.836. The maximum absolute atomic E-state index is 12.4. The molecule has 0 aliphatic rings. The Morgan fingerprint density at radius 3 is 1.09 bits per heavy atom. The summed E-state index contributed by atoms with van der Waals surface area (Å²) in [6, 6.07) is -0.620. The van der Waals surface area contributed by atoms with E-state index < -0.39 is 12.1 Å². The van der Waals surface area contributed by atoms with Crippen LogP contribution in [0.2, 0.25) is 0 Å². The first-order valence-electron chi connectivity index (χ1n) is 24.7. The Morgan fingerprint density at radius 2 is 0.745 bits per heavy atom. The van der Waals surface area contributed by atoms with Crippen LogP contribution in [0.5, 0.6) is 0 Å². The van der Waals surface area contributed by atoms with E-state index in [2.05, 4.69) is 43.5 Å². The summed E-state index contributed by atoms with van der Waals surface area (Å²) in [5, 5.41) is 23.0. The van der Waals surface area contributed by atoms with Crippen LogP contribution < -0.4 is 5.32 Å². The molecule has 0 bridgehead atoms. The summed E-state index contributed by atoms with van der Waals surface area (Å²) >= 11 is 0. The number of aliphatic hydroxyl groups is 2. The summed E-state index contributed by atoms with van der Waals surface area (Å²) in [6.07, 6.45) is 62.8. The van der Waals surface area contributed by atoms with E-state index in [0.717, 1.165) is 32.1 Å². The fourth-order valence-corrected chi connectivity index (χ4v) is 7.56. The molecule has 0 rings (SSSR count). The van der Waals surface area contributed by atoms with E-state index >= 15 is 0 Å². The molecule has 0 radical (unpaired) electrons. The minimum absolute atomic E-state index is 0.0617. The first-order chi connectivity index (χ1) is 27.2. The highest BCUT2D eigenvalue weighted by Gasteiger charge is 2.18. The van der Waals surface area contributed by atoms with E-state index in [-0.39, 0.29) is 12.5 Å². The summed E-state index contributed by atoms with van der Waals surface area (Å²) in [5.74, 6) is -0.0617. The van der Waals surface area contributed by atoms with Crippen LogP contribution in [-0.4, -0.2) is 34.9 Å². The van der Waals surface area contributed by atoms with E-state index in [1.807, 2.05) is 6.08 Å². The van der Waals surface area contributed by atoms with Crippen LogP contribution in [0, 0.1) is 0 Å². The minimum Gasteiger partial charge on any atom is -0.394 e. The summed E-state index contributed by atoms with van der Waals surface area (Å²) in [5.41, 5.74) is 0. The van der Waals surface area contributed by atoms with Gasteiger partial charge in [-0.05, 0) is 51.4 Å². The van der Waals surface area contributed by atoms with Crippen LogP contribution in [0.1, 0.15) is 264 Å². The lowest BCUT2D eigenvalue weighted by molar-refractivity contribution is -0.123. The third kappa shape index (κ3) is 43.6. The highest BCUT2D eigenvalue weighted by atomic mass is 16.3. The number of aliphatic hydroxyl groups excluding tert-OH is 2. The Hall–Kier alpha value is -1.39. The molecule has 1 amide bonds. The molecule has 2 atom stereocenters. The van der Waals surface area contributed by atoms with E-state index in [0.29, 0.717) is 6.42 Å². The van der Waals surface area contributed by atoms with E-state index in [9.17, 15) is 15.0 Å². The molecule has 0 aliphatic heterocycles. The molecule has 0 spiro atoms. The monoisotopic (exact) mass is 772 g/mol. The first-order valence-corrected chi connectivity index (χ1v) is 24.7. The van der Waals surface area contributed by atoms with Crippen molar-refractivity contribution in [2.24, 2.45) is 0 Å². The summed E-state index contributed by atoms with van der Waals surface area (Å²) in [6.45, 7) is 4.31. The summed E-state index contributed by atoms with van der Waals surface area (Å²) in [4.78, 5) is 12.4. The van der Waals surface area contributed by atoms with Gasteiger partial charge in [-0.15, -0.1) is 0 Å². The van der Waals surface area contributed by atoms with E-state index in [1.54, 1.807) is 6.08 Å². The number of nitrogens with one attached hydrogen (secondary N) is 1. The number of carbonyl (C=O) groups excluding carboxylic acids is 1. The van der Waals surface area contributed by atoms with Gasteiger partial charge in [-0.1, -0.05) is 243 Å². The quantitative estimate of drug-likeness (QED) is 0.0426. The van der Waals surface area contributed by atoms with Crippen molar-refractivity contribution in [3.63, 3.8) is 0 Å². The van der Waals surface area contributed by atoms with Crippen molar-refractivity contribution >= 4 is 5.91 Å². The van der Waals surface area contributed by atoms with Gasteiger partial charge < -0.3 is 15.5 Å². The highest BCUT2D eigenvalue weighted by molar-refractivity contribution is 5.76. The number of unbranched alkanes of at least 4 members (excludes halogenated alkanes) is 34. The van der Waals surface area contributed by atoms with E-state index in [1.165, 1.54) is 212 Å². The number of carbonyl (C=O) groups is 1. The molecule has 0 aromatic heterocycles. The molecule has 0 heterocycles. The van der Waals surface area contributed by atoms with E-state index in [4.69, 9.17) is 0 Å². The Kier molecular flexibility index (Phi) is 45.8. The average molecular weight is 772 g/mol. The van der Waals surface area contributed by atoms with Gasteiger partial charge in [0.25, 0.3) is 0 Å². The van der Waals surface area contributed by atoms with Crippen LogP contribution >= 0.6 is 0 Å². The highest BCUT2D eigenvalue weighted by Crippen LogP contribution is 2.16. The van der Waals surface area contributed by atoms with Gasteiger partial charge in [-0.2, -0.15) is 0 Å². The molecule has 2 unspecified atom stereocenters. The summed E-state index contributed by atoms with van der Waals surface area (Å²) < 4.78 is 0. The zero-order chi connectivity index (χ0) is 40.0. The van der Waals surface area contributed by atoms with Crippen molar-refractivity contribution in [1.82, 2.24) is 5.32 Å². The van der Waals surface area contributed by atoms with Crippen molar-refractivity contribution in [2.45, 2.75) is 276 Å². The van der Waals surface area contributed by atoms with Crippen molar-refractivity contribution in [1.29, 1.82) is 0 Å².